The van der Waals surface area contributed by atoms with Crippen LogP contribution in [-0.4, -0.2) is 59.1 Å². The molecule has 2 unspecified atom stereocenters. The van der Waals surface area contributed by atoms with Crippen molar-refractivity contribution in [3.8, 4) is 0 Å². The Labute approximate surface area is 237 Å². The molecule has 2 aromatic carbocycles. The highest BCUT2D eigenvalue weighted by molar-refractivity contribution is 8.04. The average molecular weight is 554 g/mol. The van der Waals surface area contributed by atoms with E-state index in [1.165, 1.54) is 24.8 Å². The van der Waals surface area contributed by atoms with Gasteiger partial charge in [-0.3, -0.25) is 14.5 Å². The highest BCUT2D eigenvalue weighted by atomic mass is 35.5. The Balaban J connectivity index is 1.32. The van der Waals surface area contributed by atoms with E-state index < -0.39 is 0 Å². The van der Waals surface area contributed by atoms with Crippen molar-refractivity contribution in [3.63, 3.8) is 0 Å². The number of unbranched alkanes of at least 4 members (excludes halogenated alkanes) is 1. The molecule has 2 aromatic rings. The molecular weight excluding hydrogens is 514 g/mol. The van der Waals surface area contributed by atoms with E-state index in [9.17, 15) is 9.59 Å². The van der Waals surface area contributed by atoms with Gasteiger partial charge in [-0.2, -0.15) is 0 Å². The molecule has 1 heterocycles. The number of amides is 2. The molecule has 2 atom stereocenters. The Hall–Kier alpha value is -2.28. The Bertz CT molecular complexity index is 1090. The molecule has 2 aliphatic rings. The number of hydrogen-bond donors (Lipinski definition) is 1. The van der Waals surface area contributed by atoms with E-state index in [4.69, 9.17) is 11.6 Å². The number of halogens is 1. The molecule has 0 bridgehead atoms. The summed E-state index contributed by atoms with van der Waals surface area (Å²) in [6.07, 6.45) is 9.46. The molecule has 1 saturated carbocycles. The molecule has 204 valence electrons. The van der Waals surface area contributed by atoms with Gasteiger partial charge in [0.1, 0.15) is 6.54 Å². The van der Waals surface area contributed by atoms with E-state index in [-0.39, 0.29) is 24.4 Å². The smallest absolute Gasteiger partial charge is 0.261 e. The highest BCUT2D eigenvalue weighted by Gasteiger charge is 2.41. The number of carbonyl (C=O) groups is 2. The quantitative estimate of drug-likeness (QED) is 0.245. The van der Waals surface area contributed by atoms with E-state index in [0.717, 1.165) is 50.9 Å². The van der Waals surface area contributed by atoms with Crippen molar-refractivity contribution in [3.05, 3.63) is 75.7 Å². The van der Waals surface area contributed by atoms with Gasteiger partial charge in [-0.25, -0.2) is 0 Å². The van der Waals surface area contributed by atoms with Crippen molar-refractivity contribution in [2.24, 2.45) is 0 Å². The molecule has 2 amide bonds. The molecular formula is C31H40ClN3O2S. The number of benzene rings is 2. The van der Waals surface area contributed by atoms with Gasteiger partial charge in [-0.05, 0) is 61.6 Å². The highest BCUT2D eigenvalue weighted by Crippen LogP contribution is 2.42. The molecule has 1 aliphatic carbocycles. The molecule has 5 nitrogen and oxygen atoms in total. The van der Waals surface area contributed by atoms with Crippen LogP contribution in [-0.2, 0) is 16.1 Å². The number of nitrogens with one attached hydrogen (secondary N) is 1. The first-order valence-corrected chi connectivity index (χ1v) is 15.3. The molecule has 4 rings (SSSR count). The van der Waals surface area contributed by atoms with Crippen LogP contribution in [0, 0.1) is 0 Å². The van der Waals surface area contributed by atoms with Crippen molar-refractivity contribution in [1.82, 2.24) is 15.1 Å². The summed E-state index contributed by atoms with van der Waals surface area (Å²) in [6.45, 7) is 5.88. The third kappa shape index (κ3) is 8.36. The zero-order valence-electron chi connectivity index (χ0n) is 22.4. The second-order valence-corrected chi connectivity index (χ2v) is 12.0. The van der Waals surface area contributed by atoms with Crippen LogP contribution in [0.25, 0.3) is 6.08 Å². The van der Waals surface area contributed by atoms with Crippen LogP contribution in [0.2, 0.25) is 5.02 Å². The van der Waals surface area contributed by atoms with Gasteiger partial charge >= 0.3 is 0 Å². The van der Waals surface area contributed by atoms with Crippen molar-refractivity contribution < 1.29 is 9.59 Å². The van der Waals surface area contributed by atoms with Gasteiger partial charge in [-0.15, -0.1) is 11.8 Å². The van der Waals surface area contributed by atoms with Gasteiger partial charge in [0.15, 0.2) is 0 Å². The van der Waals surface area contributed by atoms with Gasteiger partial charge in [-0.1, -0.05) is 80.3 Å². The number of fused-ring (bicyclic) bond motifs is 1. The number of nitrogens with zero attached hydrogens (tertiary/aromatic N) is 2. The van der Waals surface area contributed by atoms with Gasteiger partial charge in [0.2, 0.25) is 5.91 Å². The first-order chi connectivity index (χ1) is 18.5. The maximum Gasteiger partial charge on any atom is 0.261 e. The summed E-state index contributed by atoms with van der Waals surface area (Å²) in [7, 11) is 0. The number of hydrogen-bond acceptors (Lipinski definition) is 4. The molecule has 0 spiro atoms. The minimum absolute atomic E-state index is 0.0399. The average Bonchev–Trinajstić information content (AvgIpc) is 2.92. The summed E-state index contributed by atoms with van der Waals surface area (Å²) in [6, 6.07) is 18.2. The van der Waals surface area contributed by atoms with E-state index in [1.807, 2.05) is 41.3 Å². The summed E-state index contributed by atoms with van der Waals surface area (Å²) in [4.78, 5) is 31.5. The molecule has 1 N–H and O–H groups in total. The fraction of sp³-hybridized carbons (Fsp3) is 0.484. The van der Waals surface area contributed by atoms with E-state index in [2.05, 4.69) is 41.4 Å². The first-order valence-electron chi connectivity index (χ1n) is 14.0. The van der Waals surface area contributed by atoms with Crippen molar-refractivity contribution in [2.75, 3.05) is 26.2 Å². The van der Waals surface area contributed by atoms with Gasteiger partial charge in [0.05, 0.1) is 4.91 Å². The third-order valence-electron chi connectivity index (χ3n) is 7.33. The molecule has 1 saturated heterocycles. The summed E-state index contributed by atoms with van der Waals surface area (Å²) in [5.74, 6) is -0.110. The molecule has 7 heteroatoms. The second kappa shape index (κ2) is 14.8. The third-order valence-corrected chi connectivity index (χ3v) is 8.96. The maximum absolute atomic E-state index is 13.5. The fourth-order valence-electron chi connectivity index (χ4n) is 5.34. The number of rotatable bonds is 12. The first kappa shape index (κ1) is 28.7. The Kier molecular flexibility index (Phi) is 11.2. The van der Waals surface area contributed by atoms with Crippen LogP contribution in [0.3, 0.4) is 0 Å². The normalized spacial score (nSPS) is 20.6. The predicted molar refractivity (Wildman–Crippen MR) is 159 cm³/mol. The predicted octanol–water partition coefficient (Wildman–Crippen LogP) is 6.38. The minimum Gasteiger partial charge on any atom is -0.355 e. The Morgan fingerprint density at radius 1 is 1.11 bits per heavy atom. The standard InChI is InChI=1S/C31H40ClN3O2S/c1-2-3-18-34(22-24-11-5-4-6-12-24)19-10-17-33-30(36)23-35-27-15-7-8-16-28(27)38-29(31(35)37)21-25-13-9-14-26(32)20-25/h4-6,9,11-14,20-21,27-28H,2-3,7-8,10,15-19,22-23H2,1H3,(H,33,36)/b29-21-. The van der Waals surface area contributed by atoms with Crippen LogP contribution in [0.4, 0.5) is 0 Å². The SMILES string of the molecule is CCCCN(CCCNC(=O)CN1C(=O)/C(=C/c2cccc(Cl)c2)SC2CCCCC21)Cc1ccccc1. The van der Waals surface area contributed by atoms with Crippen LogP contribution in [0.1, 0.15) is 63.0 Å². The van der Waals surface area contributed by atoms with Gasteiger partial charge in [0.25, 0.3) is 5.91 Å². The molecule has 0 aromatic heterocycles. The van der Waals surface area contributed by atoms with Crippen LogP contribution in [0.15, 0.2) is 59.5 Å². The number of carbonyl (C=O) groups excluding carboxylic acids is 2. The molecule has 1 aliphatic heterocycles. The summed E-state index contributed by atoms with van der Waals surface area (Å²) in [5, 5.41) is 4.08. The maximum atomic E-state index is 13.5. The van der Waals surface area contributed by atoms with Crippen LogP contribution >= 0.6 is 23.4 Å². The monoisotopic (exact) mass is 553 g/mol. The Morgan fingerprint density at radius 2 is 1.89 bits per heavy atom. The van der Waals surface area contributed by atoms with E-state index in [0.29, 0.717) is 21.7 Å². The lowest BCUT2D eigenvalue weighted by Crippen LogP contribution is -2.54. The zero-order chi connectivity index (χ0) is 26.7. The Morgan fingerprint density at radius 3 is 2.68 bits per heavy atom. The van der Waals surface area contributed by atoms with Gasteiger partial charge in [0, 0.05) is 35.9 Å². The van der Waals surface area contributed by atoms with E-state index >= 15 is 0 Å². The van der Waals surface area contributed by atoms with Gasteiger partial charge < -0.3 is 10.2 Å². The molecule has 38 heavy (non-hydrogen) atoms. The van der Waals surface area contributed by atoms with Crippen molar-refractivity contribution >= 4 is 41.3 Å². The largest absolute Gasteiger partial charge is 0.355 e. The summed E-state index contributed by atoms with van der Waals surface area (Å²) in [5.41, 5.74) is 2.23. The second-order valence-electron chi connectivity index (χ2n) is 10.3. The fourth-order valence-corrected chi connectivity index (χ4v) is 7.02. The van der Waals surface area contributed by atoms with Crippen molar-refractivity contribution in [2.45, 2.75) is 69.7 Å². The van der Waals surface area contributed by atoms with E-state index in [1.54, 1.807) is 11.8 Å². The molecule has 2 fully saturated rings. The minimum atomic E-state index is -0.0696. The summed E-state index contributed by atoms with van der Waals surface area (Å²) < 4.78 is 0. The zero-order valence-corrected chi connectivity index (χ0v) is 24.0. The lowest BCUT2D eigenvalue weighted by Gasteiger charge is -2.43. The lowest BCUT2D eigenvalue weighted by atomic mass is 9.93. The topological polar surface area (TPSA) is 52.7 Å². The number of thioether (sulfide) groups is 1. The van der Waals surface area contributed by atoms with Crippen LogP contribution < -0.4 is 5.32 Å². The lowest BCUT2D eigenvalue weighted by molar-refractivity contribution is -0.135. The molecule has 0 radical (unpaired) electrons. The summed E-state index contributed by atoms with van der Waals surface area (Å²) >= 11 is 7.84. The van der Waals surface area contributed by atoms with Crippen LogP contribution in [0.5, 0.6) is 0 Å². The van der Waals surface area contributed by atoms with Crippen molar-refractivity contribution in [1.29, 1.82) is 0 Å².